The van der Waals surface area contributed by atoms with Gasteiger partial charge in [-0.3, -0.25) is 4.79 Å². The first-order chi connectivity index (χ1) is 9.74. The number of anilines is 1. The Kier molecular flexibility index (Phi) is 4.60. The Morgan fingerprint density at radius 1 is 1.10 bits per heavy atom. The fourth-order valence-corrected chi connectivity index (χ4v) is 1.81. The van der Waals surface area contributed by atoms with Crippen molar-refractivity contribution < 1.29 is 14.3 Å². The third kappa shape index (κ3) is 3.29. The van der Waals surface area contributed by atoms with Crippen LogP contribution in [0.1, 0.15) is 17.3 Å². The van der Waals surface area contributed by atoms with Gasteiger partial charge in [0, 0.05) is 11.3 Å². The molecule has 2 aromatic rings. The molecule has 0 spiro atoms. The van der Waals surface area contributed by atoms with E-state index < -0.39 is 0 Å². The molecule has 4 nitrogen and oxygen atoms in total. The zero-order valence-corrected chi connectivity index (χ0v) is 11.6. The molecule has 2 aromatic carbocycles. The fourth-order valence-electron chi connectivity index (χ4n) is 1.81. The molecule has 4 heteroatoms. The molecule has 0 aliphatic carbocycles. The van der Waals surface area contributed by atoms with Gasteiger partial charge in [0.25, 0.3) is 5.91 Å². The van der Waals surface area contributed by atoms with Gasteiger partial charge in [-0.1, -0.05) is 18.2 Å². The molecule has 0 heterocycles. The van der Waals surface area contributed by atoms with Crippen molar-refractivity contribution in [2.45, 2.75) is 6.92 Å². The number of ether oxygens (including phenoxy) is 2. The summed E-state index contributed by atoms with van der Waals surface area (Å²) in [6.45, 7) is 2.40. The molecule has 0 atom stereocenters. The summed E-state index contributed by atoms with van der Waals surface area (Å²) in [5, 5.41) is 2.83. The fraction of sp³-hybridized carbons (Fsp3) is 0.188. The van der Waals surface area contributed by atoms with Crippen LogP contribution >= 0.6 is 0 Å². The van der Waals surface area contributed by atoms with E-state index in [0.29, 0.717) is 23.7 Å². The largest absolute Gasteiger partial charge is 0.493 e. The number of methoxy groups -OCH3 is 1. The smallest absolute Gasteiger partial charge is 0.255 e. The maximum Gasteiger partial charge on any atom is 0.255 e. The molecule has 2 rings (SSSR count). The van der Waals surface area contributed by atoms with Crippen LogP contribution in [-0.4, -0.2) is 19.6 Å². The Bertz CT molecular complexity index is 582. The van der Waals surface area contributed by atoms with Crippen molar-refractivity contribution in [2.24, 2.45) is 0 Å². The minimum Gasteiger partial charge on any atom is -0.493 e. The van der Waals surface area contributed by atoms with E-state index in [2.05, 4.69) is 5.32 Å². The average Bonchev–Trinajstić information content (AvgIpc) is 2.48. The lowest BCUT2D eigenvalue weighted by molar-refractivity contribution is 0.102. The maximum atomic E-state index is 12.2. The molecular weight excluding hydrogens is 254 g/mol. The zero-order chi connectivity index (χ0) is 14.4. The molecule has 1 amide bonds. The van der Waals surface area contributed by atoms with E-state index in [1.165, 1.54) is 0 Å². The lowest BCUT2D eigenvalue weighted by Gasteiger charge is -2.11. The Morgan fingerprint density at radius 2 is 1.85 bits per heavy atom. The van der Waals surface area contributed by atoms with Gasteiger partial charge in [0.2, 0.25) is 0 Å². The molecule has 0 saturated carbocycles. The average molecular weight is 271 g/mol. The van der Waals surface area contributed by atoms with E-state index >= 15 is 0 Å². The topological polar surface area (TPSA) is 47.6 Å². The first kappa shape index (κ1) is 13.9. The highest BCUT2D eigenvalue weighted by atomic mass is 16.5. The van der Waals surface area contributed by atoms with E-state index in [9.17, 15) is 4.79 Å². The van der Waals surface area contributed by atoms with Gasteiger partial charge in [-0.2, -0.15) is 0 Å². The Hall–Kier alpha value is -2.49. The number of hydrogen-bond acceptors (Lipinski definition) is 3. The third-order valence-corrected chi connectivity index (χ3v) is 2.76. The molecule has 0 bridgehead atoms. The second-order valence-corrected chi connectivity index (χ2v) is 4.12. The maximum absolute atomic E-state index is 12.2. The predicted octanol–water partition coefficient (Wildman–Crippen LogP) is 3.35. The summed E-state index contributed by atoms with van der Waals surface area (Å²) in [6, 6.07) is 14.4. The summed E-state index contributed by atoms with van der Waals surface area (Å²) in [4.78, 5) is 12.2. The Balaban J connectivity index is 2.19. The summed E-state index contributed by atoms with van der Waals surface area (Å²) in [6.07, 6.45) is 0. The molecule has 0 aliphatic heterocycles. The van der Waals surface area contributed by atoms with Crippen LogP contribution in [0, 0.1) is 0 Å². The van der Waals surface area contributed by atoms with Crippen LogP contribution in [-0.2, 0) is 0 Å². The molecule has 20 heavy (non-hydrogen) atoms. The van der Waals surface area contributed by atoms with Gasteiger partial charge in [-0.15, -0.1) is 0 Å². The summed E-state index contributed by atoms with van der Waals surface area (Å²) in [7, 11) is 1.57. The van der Waals surface area contributed by atoms with Crippen molar-refractivity contribution in [3.05, 3.63) is 54.1 Å². The van der Waals surface area contributed by atoms with Crippen LogP contribution in [0.2, 0.25) is 0 Å². The summed E-state index contributed by atoms with van der Waals surface area (Å²) in [5.74, 6) is 0.999. The van der Waals surface area contributed by atoms with E-state index in [-0.39, 0.29) is 5.91 Å². The van der Waals surface area contributed by atoms with Crippen molar-refractivity contribution in [1.82, 2.24) is 0 Å². The highest BCUT2D eigenvalue weighted by molar-refractivity contribution is 6.04. The predicted molar refractivity (Wildman–Crippen MR) is 78.6 cm³/mol. The minimum atomic E-state index is -0.181. The number of rotatable bonds is 5. The summed E-state index contributed by atoms with van der Waals surface area (Å²) in [5.41, 5.74) is 1.28. The molecule has 104 valence electrons. The van der Waals surface area contributed by atoms with Gasteiger partial charge in [0.05, 0.1) is 13.7 Å². The van der Waals surface area contributed by atoms with E-state index in [4.69, 9.17) is 9.47 Å². The highest BCUT2D eigenvalue weighted by Gasteiger charge is 2.11. The number of hydrogen-bond donors (Lipinski definition) is 1. The standard InChI is InChI=1S/C16H17NO3/c1-3-20-15-11-12(9-10-14(15)19-2)16(18)17-13-7-5-4-6-8-13/h4-11H,3H2,1-2H3,(H,17,18). The molecule has 1 N–H and O–H groups in total. The van der Waals surface area contributed by atoms with Crippen LogP contribution < -0.4 is 14.8 Å². The van der Waals surface area contributed by atoms with Crippen LogP contribution in [0.15, 0.2) is 48.5 Å². The molecule has 0 aromatic heterocycles. The van der Waals surface area contributed by atoms with Crippen LogP contribution in [0.3, 0.4) is 0 Å². The monoisotopic (exact) mass is 271 g/mol. The minimum absolute atomic E-state index is 0.181. The Morgan fingerprint density at radius 3 is 2.50 bits per heavy atom. The molecule has 0 aliphatic rings. The number of para-hydroxylation sites is 1. The van der Waals surface area contributed by atoms with Gasteiger partial charge in [-0.25, -0.2) is 0 Å². The van der Waals surface area contributed by atoms with Crippen molar-refractivity contribution in [1.29, 1.82) is 0 Å². The van der Waals surface area contributed by atoms with Crippen molar-refractivity contribution >= 4 is 11.6 Å². The quantitative estimate of drug-likeness (QED) is 0.907. The number of carbonyl (C=O) groups is 1. The lowest BCUT2D eigenvalue weighted by atomic mass is 10.2. The Labute approximate surface area is 118 Å². The molecule has 0 fully saturated rings. The second kappa shape index (κ2) is 6.61. The highest BCUT2D eigenvalue weighted by Crippen LogP contribution is 2.28. The first-order valence-electron chi connectivity index (χ1n) is 6.42. The van der Waals surface area contributed by atoms with Crippen LogP contribution in [0.4, 0.5) is 5.69 Å². The summed E-state index contributed by atoms with van der Waals surface area (Å²) < 4.78 is 10.7. The van der Waals surface area contributed by atoms with Gasteiger partial charge in [-0.05, 0) is 37.3 Å². The van der Waals surface area contributed by atoms with Gasteiger partial charge >= 0.3 is 0 Å². The number of nitrogens with one attached hydrogen (secondary N) is 1. The normalized spacial score (nSPS) is 9.90. The van der Waals surface area contributed by atoms with Crippen molar-refractivity contribution in [3.63, 3.8) is 0 Å². The van der Waals surface area contributed by atoms with Crippen molar-refractivity contribution in [3.8, 4) is 11.5 Å². The van der Waals surface area contributed by atoms with E-state index in [0.717, 1.165) is 5.69 Å². The third-order valence-electron chi connectivity index (χ3n) is 2.76. The van der Waals surface area contributed by atoms with E-state index in [1.54, 1.807) is 25.3 Å². The van der Waals surface area contributed by atoms with Crippen molar-refractivity contribution in [2.75, 3.05) is 19.0 Å². The zero-order valence-electron chi connectivity index (χ0n) is 11.6. The first-order valence-corrected chi connectivity index (χ1v) is 6.42. The van der Waals surface area contributed by atoms with Gasteiger partial charge < -0.3 is 14.8 Å². The number of carbonyl (C=O) groups excluding carboxylic acids is 1. The summed E-state index contributed by atoms with van der Waals surface area (Å²) >= 11 is 0. The van der Waals surface area contributed by atoms with Gasteiger partial charge in [0.1, 0.15) is 0 Å². The lowest BCUT2D eigenvalue weighted by Crippen LogP contribution is -2.12. The molecule has 0 radical (unpaired) electrons. The van der Waals surface area contributed by atoms with Gasteiger partial charge in [0.15, 0.2) is 11.5 Å². The number of amides is 1. The molecule has 0 unspecified atom stereocenters. The second-order valence-electron chi connectivity index (χ2n) is 4.12. The molecular formula is C16H17NO3. The SMILES string of the molecule is CCOc1cc(C(=O)Nc2ccccc2)ccc1OC. The molecule has 0 saturated heterocycles. The van der Waals surface area contributed by atoms with E-state index in [1.807, 2.05) is 37.3 Å². The number of benzene rings is 2. The van der Waals surface area contributed by atoms with Crippen LogP contribution in [0.5, 0.6) is 11.5 Å². The van der Waals surface area contributed by atoms with Crippen LogP contribution in [0.25, 0.3) is 0 Å².